The molecule has 1 heterocycles. The average molecular weight is 503 g/mol. The van der Waals surface area contributed by atoms with E-state index < -0.39 is 0 Å². The van der Waals surface area contributed by atoms with Crippen LogP contribution in [0.25, 0.3) is 0 Å². The third-order valence-corrected chi connectivity index (χ3v) is 6.41. The highest BCUT2D eigenvalue weighted by Gasteiger charge is 2.21. The van der Waals surface area contributed by atoms with Crippen molar-refractivity contribution in [1.82, 2.24) is 15.0 Å². The van der Waals surface area contributed by atoms with Crippen molar-refractivity contribution in [3.63, 3.8) is 0 Å². The van der Waals surface area contributed by atoms with E-state index in [1.165, 1.54) is 25.7 Å². The predicted molar refractivity (Wildman–Crippen MR) is 137 cm³/mol. The van der Waals surface area contributed by atoms with Crippen LogP contribution in [0.2, 0.25) is 10.0 Å². The van der Waals surface area contributed by atoms with Crippen molar-refractivity contribution in [3.8, 4) is 11.5 Å². The maximum atomic E-state index is 6.45. The van der Waals surface area contributed by atoms with Gasteiger partial charge in [0.2, 0.25) is 17.8 Å². The number of hydrogen-bond donors (Lipinski definition) is 2. The first-order chi connectivity index (χ1) is 16.5. The molecule has 2 aromatic carbocycles. The van der Waals surface area contributed by atoms with Gasteiger partial charge in [0.25, 0.3) is 0 Å². The molecule has 0 aliphatic heterocycles. The summed E-state index contributed by atoms with van der Waals surface area (Å²) in [6.07, 6.45) is 7.04. The lowest BCUT2D eigenvalue weighted by molar-refractivity contribution is 0.415. The van der Waals surface area contributed by atoms with Gasteiger partial charge in [0.05, 0.1) is 35.6 Å². The Morgan fingerprint density at radius 2 is 1.41 bits per heavy atom. The average Bonchev–Trinajstić information content (AvgIpc) is 3.08. The number of aromatic nitrogens is 3. The monoisotopic (exact) mass is 502 g/mol. The fraction of sp³-hybridized carbons (Fsp3) is 0.375. The Hall–Kier alpha value is -2.97. The lowest BCUT2D eigenvalue weighted by Gasteiger charge is -2.25. The number of anilines is 5. The Labute approximate surface area is 209 Å². The lowest BCUT2D eigenvalue weighted by Crippen LogP contribution is -2.22. The van der Waals surface area contributed by atoms with Crippen molar-refractivity contribution < 1.29 is 9.47 Å². The Bertz CT molecular complexity index is 1080. The van der Waals surface area contributed by atoms with E-state index in [0.717, 1.165) is 12.8 Å². The standard InChI is InChI=1S/C24H28Cl2N6O2/c1-33-20-11-9-16(13-18(20)25)32(17-10-12-21(34-2)19(26)14-17)24-30-22(27)29-23(31-24)28-15-7-5-3-4-6-8-15/h9-15H,3-8H2,1-2H3,(H3,27,28,29,30,31). The van der Waals surface area contributed by atoms with Crippen molar-refractivity contribution in [2.75, 3.05) is 30.2 Å². The number of nitrogen functional groups attached to an aromatic ring is 1. The summed E-state index contributed by atoms with van der Waals surface area (Å²) in [6.45, 7) is 0. The normalized spacial score (nSPS) is 14.4. The molecule has 3 aromatic rings. The smallest absolute Gasteiger partial charge is 0.241 e. The van der Waals surface area contributed by atoms with Crippen molar-refractivity contribution in [1.29, 1.82) is 0 Å². The topological polar surface area (TPSA) is 98.4 Å². The molecule has 0 bridgehead atoms. The SMILES string of the molecule is COc1ccc(N(c2ccc(OC)c(Cl)c2)c2nc(N)nc(NC3CCCCCC3)n2)cc1Cl. The first-order valence-corrected chi connectivity index (χ1v) is 12.0. The number of nitrogens with one attached hydrogen (secondary N) is 1. The Morgan fingerprint density at radius 3 is 1.91 bits per heavy atom. The zero-order valence-electron chi connectivity index (χ0n) is 19.2. The van der Waals surface area contributed by atoms with Crippen LogP contribution in [-0.4, -0.2) is 35.2 Å². The van der Waals surface area contributed by atoms with Gasteiger partial charge in [0.1, 0.15) is 11.5 Å². The number of nitrogens with two attached hydrogens (primary N) is 1. The summed E-state index contributed by atoms with van der Waals surface area (Å²) in [7, 11) is 3.14. The molecule has 0 saturated heterocycles. The van der Waals surface area contributed by atoms with E-state index >= 15 is 0 Å². The molecule has 4 rings (SSSR count). The molecule has 0 unspecified atom stereocenters. The molecule has 3 N–H and O–H groups in total. The number of methoxy groups -OCH3 is 2. The van der Waals surface area contributed by atoms with Gasteiger partial charge >= 0.3 is 0 Å². The van der Waals surface area contributed by atoms with Crippen molar-refractivity contribution >= 4 is 52.4 Å². The summed E-state index contributed by atoms with van der Waals surface area (Å²) >= 11 is 12.9. The van der Waals surface area contributed by atoms with E-state index in [2.05, 4.69) is 15.3 Å². The van der Waals surface area contributed by atoms with Gasteiger partial charge in [-0.3, -0.25) is 4.90 Å². The first kappa shape index (κ1) is 24.2. The summed E-state index contributed by atoms with van der Waals surface area (Å²) in [6, 6.07) is 11.1. The lowest BCUT2D eigenvalue weighted by atomic mass is 10.1. The maximum absolute atomic E-state index is 6.45. The van der Waals surface area contributed by atoms with Gasteiger partial charge in [-0.25, -0.2) is 0 Å². The third kappa shape index (κ3) is 5.56. The van der Waals surface area contributed by atoms with E-state index in [1.54, 1.807) is 38.5 Å². The van der Waals surface area contributed by atoms with Gasteiger partial charge in [-0.15, -0.1) is 0 Å². The maximum Gasteiger partial charge on any atom is 0.241 e. The fourth-order valence-corrected chi connectivity index (χ4v) is 4.62. The van der Waals surface area contributed by atoms with E-state index in [9.17, 15) is 0 Å². The first-order valence-electron chi connectivity index (χ1n) is 11.2. The highest BCUT2D eigenvalue weighted by molar-refractivity contribution is 6.32. The number of nitrogens with zero attached hydrogens (tertiary/aromatic N) is 4. The molecule has 8 nitrogen and oxygen atoms in total. The quantitative estimate of drug-likeness (QED) is 0.358. The van der Waals surface area contributed by atoms with Gasteiger partial charge < -0.3 is 20.5 Å². The van der Waals surface area contributed by atoms with Gasteiger partial charge in [0, 0.05) is 6.04 Å². The van der Waals surface area contributed by atoms with Crippen molar-refractivity contribution in [2.45, 2.75) is 44.6 Å². The molecule has 0 spiro atoms. The second kappa shape index (κ2) is 11.0. The van der Waals surface area contributed by atoms with E-state index in [1.807, 2.05) is 17.0 Å². The summed E-state index contributed by atoms with van der Waals surface area (Å²) in [5, 5.41) is 4.35. The van der Waals surface area contributed by atoms with E-state index in [-0.39, 0.29) is 5.95 Å². The number of benzene rings is 2. The highest BCUT2D eigenvalue weighted by atomic mass is 35.5. The molecule has 34 heavy (non-hydrogen) atoms. The zero-order valence-corrected chi connectivity index (χ0v) is 20.7. The highest BCUT2D eigenvalue weighted by Crippen LogP contribution is 2.39. The van der Waals surface area contributed by atoms with Crippen LogP contribution in [0.4, 0.5) is 29.2 Å². The minimum atomic E-state index is 0.116. The molecule has 10 heteroatoms. The molecule has 0 amide bonds. The molecular weight excluding hydrogens is 475 g/mol. The van der Waals surface area contributed by atoms with Crippen LogP contribution in [0.5, 0.6) is 11.5 Å². The molecule has 1 aliphatic carbocycles. The van der Waals surface area contributed by atoms with Crippen molar-refractivity contribution in [3.05, 3.63) is 46.4 Å². The molecule has 0 atom stereocenters. The zero-order chi connectivity index (χ0) is 24.1. The van der Waals surface area contributed by atoms with Crippen LogP contribution >= 0.6 is 23.2 Å². The summed E-state index contributed by atoms with van der Waals surface area (Å²) in [5.41, 5.74) is 7.53. The Kier molecular flexibility index (Phi) is 7.80. The van der Waals surface area contributed by atoms with Crippen LogP contribution < -0.4 is 25.4 Å². The van der Waals surface area contributed by atoms with Crippen molar-refractivity contribution in [2.24, 2.45) is 0 Å². The van der Waals surface area contributed by atoms with Gasteiger partial charge in [-0.05, 0) is 49.2 Å². The van der Waals surface area contributed by atoms with Crippen LogP contribution in [0.15, 0.2) is 36.4 Å². The molecule has 1 aliphatic rings. The minimum absolute atomic E-state index is 0.116. The number of hydrogen-bond acceptors (Lipinski definition) is 8. The van der Waals surface area contributed by atoms with Crippen LogP contribution in [-0.2, 0) is 0 Å². The predicted octanol–water partition coefficient (Wildman–Crippen LogP) is 6.38. The van der Waals surface area contributed by atoms with Gasteiger partial charge in [-0.2, -0.15) is 15.0 Å². The Morgan fingerprint density at radius 1 is 0.853 bits per heavy atom. The summed E-state index contributed by atoms with van der Waals surface area (Å²) < 4.78 is 10.6. The number of ether oxygens (including phenoxy) is 2. The molecule has 1 saturated carbocycles. The van der Waals surface area contributed by atoms with E-state index in [0.29, 0.717) is 50.9 Å². The van der Waals surface area contributed by atoms with Crippen LogP contribution in [0.1, 0.15) is 38.5 Å². The van der Waals surface area contributed by atoms with Crippen LogP contribution in [0, 0.1) is 0 Å². The largest absolute Gasteiger partial charge is 0.495 e. The summed E-state index contributed by atoms with van der Waals surface area (Å²) in [5.74, 6) is 2.02. The second-order valence-electron chi connectivity index (χ2n) is 8.12. The minimum Gasteiger partial charge on any atom is -0.495 e. The fourth-order valence-electron chi connectivity index (χ4n) is 4.12. The van der Waals surface area contributed by atoms with E-state index in [4.69, 9.17) is 43.4 Å². The molecule has 0 radical (unpaired) electrons. The van der Waals surface area contributed by atoms with Crippen LogP contribution in [0.3, 0.4) is 0 Å². The second-order valence-corrected chi connectivity index (χ2v) is 8.94. The van der Waals surface area contributed by atoms with Gasteiger partial charge in [-0.1, -0.05) is 48.9 Å². The molecular formula is C24H28Cl2N6O2. The number of halogens is 2. The number of rotatable bonds is 7. The van der Waals surface area contributed by atoms with Gasteiger partial charge in [0.15, 0.2) is 0 Å². The molecule has 180 valence electrons. The Balaban J connectivity index is 1.77. The molecule has 1 aromatic heterocycles. The third-order valence-electron chi connectivity index (χ3n) is 5.82. The summed E-state index contributed by atoms with van der Waals surface area (Å²) in [4.78, 5) is 15.3. The molecule has 1 fully saturated rings.